The number of rotatable bonds is 11. The zero-order chi connectivity index (χ0) is 27.8. The van der Waals surface area contributed by atoms with Crippen molar-refractivity contribution in [3.63, 3.8) is 0 Å². The molecule has 12 heteroatoms. The molecule has 2 N–H and O–H groups in total. The van der Waals surface area contributed by atoms with Gasteiger partial charge in [0.15, 0.2) is 9.84 Å². The highest BCUT2D eigenvalue weighted by Crippen LogP contribution is 2.42. The van der Waals surface area contributed by atoms with Crippen molar-refractivity contribution in [2.45, 2.75) is 43.5 Å². The monoisotopic (exact) mass is 583 g/mol. The smallest absolute Gasteiger partial charge is 0.401 e. The van der Waals surface area contributed by atoms with Crippen LogP contribution in [-0.4, -0.2) is 72.7 Å². The standard InChI is InChI=1S/C27H29ClF3N3O4S/c28-18-14-22-24-21(17-3-1-4-20(13-17)39(36,37)19-5-6-19)7-8-23(25(24)33-26(22)32-15-18)38-12-2-9-34(10-11-35)16-27(29,30)31/h4,7-8,13-15,19,35H,1-3,5-6,9-12,16H2,(H,32,33). The fourth-order valence-corrected chi connectivity index (χ4v) is 6.97. The van der Waals surface area contributed by atoms with Crippen LogP contribution >= 0.6 is 11.6 Å². The van der Waals surface area contributed by atoms with Gasteiger partial charge in [-0.1, -0.05) is 23.7 Å². The summed E-state index contributed by atoms with van der Waals surface area (Å²) in [5.74, 6) is 0.505. The summed E-state index contributed by atoms with van der Waals surface area (Å²) in [4.78, 5) is 9.18. The number of aliphatic hydroxyl groups is 1. The van der Waals surface area contributed by atoms with Gasteiger partial charge >= 0.3 is 6.18 Å². The third-order valence-electron chi connectivity index (χ3n) is 6.94. The van der Waals surface area contributed by atoms with Crippen LogP contribution in [0.5, 0.6) is 5.75 Å². The Balaban J connectivity index is 1.44. The van der Waals surface area contributed by atoms with Crippen molar-refractivity contribution in [1.82, 2.24) is 14.9 Å². The molecule has 0 unspecified atom stereocenters. The molecular formula is C27H29ClF3N3O4S. The van der Waals surface area contributed by atoms with Crippen molar-refractivity contribution < 1.29 is 31.4 Å². The molecule has 2 aliphatic rings. The summed E-state index contributed by atoms with van der Waals surface area (Å²) in [7, 11) is -3.34. The molecule has 0 radical (unpaired) electrons. The van der Waals surface area contributed by atoms with E-state index in [4.69, 9.17) is 21.4 Å². The Kier molecular flexibility index (Phi) is 7.96. The number of nitrogens with zero attached hydrogens (tertiary/aromatic N) is 2. The summed E-state index contributed by atoms with van der Waals surface area (Å²) in [6.07, 6.45) is 3.71. The number of aliphatic hydroxyl groups excluding tert-OH is 1. The second-order valence-corrected chi connectivity index (χ2v) is 12.6. The van der Waals surface area contributed by atoms with Crippen LogP contribution in [0.15, 0.2) is 41.5 Å². The highest BCUT2D eigenvalue weighted by Gasteiger charge is 2.38. The number of ether oxygens (including phenoxy) is 1. The molecule has 3 aromatic rings. The summed E-state index contributed by atoms with van der Waals surface area (Å²) in [6.45, 7) is -1.26. The summed E-state index contributed by atoms with van der Waals surface area (Å²) in [5.41, 5.74) is 2.98. The van der Waals surface area contributed by atoms with Gasteiger partial charge in [0.05, 0.1) is 40.5 Å². The van der Waals surface area contributed by atoms with E-state index in [9.17, 15) is 21.6 Å². The molecule has 0 aliphatic heterocycles. The van der Waals surface area contributed by atoms with Gasteiger partial charge in [0.1, 0.15) is 11.4 Å². The lowest BCUT2D eigenvalue weighted by Crippen LogP contribution is -2.37. The maximum absolute atomic E-state index is 12.9. The molecule has 7 nitrogen and oxygen atoms in total. The lowest BCUT2D eigenvalue weighted by atomic mass is 9.93. The van der Waals surface area contributed by atoms with Crippen molar-refractivity contribution in [2.24, 2.45) is 0 Å². The zero-order valence-corrected chi connectivity index (χ0v) is 22.7. The topological polar surface area (TPSA) is 95.5 Å². The van der Waals surface area contributed by atoms with Crippen molar-refractivity contribution >= 4 is 48.9 Å². The average Bonchev–Trinajstić information content (AvgIpc) is 3.68. The minimum absolute atomic E-state index is 0.0745. The van der Waals surface area contributed by atoms with Gasteiger partial charge in [-0.15, -0.1) is 0 Å². The minimum Gasteiger partial charge on any atom is -0.491 e. The van der Waals surface area contributed by atoms with Crippen LogP contribution in [0, 0.1) is 0 Å². The number of fused-ring (bicyclic) bond motifs is 3. The van der Waals surface area contributed by atoms with Crippen LogP contribution in [0.2, 0.25) is 5.02 Å². The van der Waals surface area contributed by atoms with E-state index in [-0.39, 0.29) is 31.6 Å². The normalized spacial score (nSPS) is 16.7. The molecule has 39 heavy (non-hydrogen) atoms. The number of halogens is 4. The van der Waals surface area contributed by atoms with Crippen LogP contribution in [0.4, 0.5) is 13.2 Å². The SMILES string of the molecule is O=S(=O)(C1=CCCC(c2ccc(OCCCN(CCO)CC(F)(F)F)c3[nH]c4ncc(Cl)cc4c23)=C1)C1CC1. The number of pyridine rings is 1. The molecule has 0 bridgehead atoms. The van der Waals surface area contributed by atoms with Gasteiger partial charge in [-0.3, -0.25) is 4.90 Å². The Labute approximate surface area is 229 Å². The number of H-pyrrole nitrogens is 1. The molecule has 1 saturated carbocycles. The first kappa shape index (κ1) is 27.9. The Bertz CT molecular complexity index is 1550. The highest BCUT2D eigenvalue weighted by atomic mass is 35.5. The number of nitrogens with one attached hydrogen (secondary N) is 1. The first-order valence-electron chi connectivity index (χ1n) is 12.8. The average molecular weight is 584 g/mol. The Morgan fingerprint density at radius 1 is 1.23 bits per heavy atom. The number of hydrogen-bond acceptors (Lipinski definition) is 6. The van der Waals surface area contributed by atoms with Gasteiger partial charge in [0.25, 0.3) is 0 Å². The second kappa shape index (κ2) is 11.1. The molecule has 0 amide bonds. The molecule has 2 aromatic heterocycles. The first-order valence-corrected chi connectivity index (χ1v) is 14.8. The van der Waals surface area contributed by atoms with Crippen LogP contribution in [0.3, 0.4) is 0 Å². The maximum atomic E-state index is 12.9. The Morgan fingerprint density at radius 2 is 2.03 bits per heavy atom. The predicted molar refractivity (Wildman–Crippen MR) is 146 cm³/mol. The molecule has 0 spiro atoms. The van der Waals surface area contributed by atoms with E-state index >= 15 is 0 Å². The van der Waals surface area contributed by atoms with E-state index in [0.717, 1.165) is 26.8 Å². The van der Waals surface area contributed by atoms with Crippen molar-refractivity contribution in [1.29, 1.82) is 0 Å². The van der Waals surface area contributed by atoms with Crippen LogP contribution in [0.1, 0.15) is 37.7 Å². The molecule has 210 valence electrons. The van der Waals surface area contributed by atoms with E-state index in [1.807, 2.05) is 6.07 Å². The van der Waals surface area contributed by atoms with Crippen LogP contribution < -0.4 is 4.74 Å². The predicted octanol–water partition coefficient (Wildman–Crippen LogP) is 5.63. The van der Waals surface area contributed by atoms with E-state index in [1.54, 1.807) is 24.3 Å². The first-order chi connectivity index (χ1) is 18.6. The summed E-state index contributed by atoms with van der Waals surface area (Å²) >= 11 is 6.27. The summed E-state index contributed by atoms with van der Waals surface area (Å²) in [5, 5.41) is 10.8. The number of aromatic nitrogens is 2. The molecule has 0 atom stereocenters. The van der Waals surface area contributed by atoms with Gasteiger partial charge in [-0.25, -0.2) is 13.4 Å². The summed E-state index contributed by atoms with van der Waals surface area (Å²) in [6, 6.07) is 5.46. The van der Waals surface area contributed by atoms with Gasteiger partial charge in [0.2, 0.25) is 0 Å². The molecule has 1 aromatic carbocycles. The van der Waals surface area contributed by atoms with E-state index in [0.29, 0.717) is 58.9 Å². The lowest BCUT2D eigenvalue weighted by molar-refractivity contribution is -0.147. The third kappa shape index (κ3) is 6.26. The van der Waals surface area contributed by atoms with Crippen molar-refractivity contribution in [3.8, 4) is 5.75 Å². The lowest BCUT2D eigenvalue weighted by Gasteiger charge is -2.22. The summed E-state index contributed by atoms with van der Waals surface area (Å²) < 4.78 is 70.3. The zero-order valence-electron chi connectivity index (χ0n) is 21.1. The fourth-order valence-electron chi connectivity index (χ4n) is 5.01. The molecule has 2 aliphatic carbocycles. The molecular weight excluding hydrogens is 555 g/mol. The molecule has 5 rings (SSSR count). The fraction of sp³-hybridized carbons (Fsp3) is 0.444. The van der Waals surface area contributed by atoms with Gasteiger partial charge in [-0.2, -0.15) is 13.2 Å². The van der Waals surface area contributed by atoms with E-state index in [2.05, 4.69) is 9.97 Å². The number of hydrogen-bond donors (Lipinski definition) is 2. The molecule has 2 heterocycles. The highest BCUT2D eigenvalue weighted by molar-refractivity contribution is 7.96. The number of sulfone groups is 1. The van der Waals surface area contributed by atoms with E-state index < -0.39 is 22.6 Å². The Morgan fingerprint density at radius 3 is 2.74 bits per heavy atom. The third-order valence-corrected chi connectivity index (χ3v) is 9.44. The quantitative estimate of drug-likeness (QED) is 0.284. The van der Waals surface area contributed by atoms with Gasteiger partial charge in [0, 0.05) is 30.1 Å². The minimum atomic E-state index is -4.35. The van der Waals surface area contributed by atoms with Crippen molar-refractivity contribution in [3.05, 3.63) is 52.0 Å². The van der Waals surface area contributed by atoms with Crippen LogP contribution in [0.25, 0.3) is 27.5 Å². The number of alkyl halides is 3. The number of allylic oxidation sites excluding steroid dienone is 3. The number of aromatic amines is 1. The Hall–Kier alpha value is -2.60. The second-order valence-electron chi connectivity index (χ2n) is 9.91. The largest absolute Gasteiger partial charge is 0.491 e. The molecule has 1 fully saturated rings. The molecule has 0 saturated heterocycles. The van der Waals surface area contributed by atoms with Gasteiger partial charge in [-0.05, 0) is 61.4 Å². The van der Waals surface area contributed by atoms with Crippen molar-refractivity contribution in [2.75, 3.05) is 32.8 Å². The van der Waals surface area contributed by atoms with Gasteiger partial charge < -0.3 is 14.8 Å². The van der Waals surface area contributed by atoms with Crippen LogP contribution in [-0.2, 0) is 9.84 Å². The maximum Gasteiger partial charge on any atom is 0.401 e. The number of benzene rings is 1. The van der Waals surface area contributed by atoms with E-state index in [1.165, 1.54) is 6.20 Å².